The van der Waals surface area contributed by atoms with Gasteiger partial charge in [0.1, 0.15) is 25.0 Å². The summed E-state index contributed by atoms with van der Waals surface area (Å²) >= 11 is 0. The van der Waals surface area contributed by atoms with Crippen LogP contribution in [0.4, 0.5) is 0 Å². The third-order valence-corrected chi connectivity index (χ3v) is 6.73. The molecule has 4 aromatic rings. The maximum Gasteiger partial charge on any atom is 0.340 e. The molecule has 1 saturated heterocycles. The van der Waals surface area contributed by atoms with Gasteiger partial charge in [0.15, 0.2) is 0 Å². The van der Waals surface area contributed by atoms with Crippen molar-refractivity contribution < 1.29 is 28.6 Å². The van der Waals surface area contributed by atoms with Crippen molar-refractivity contribution in [3.63, 3.8) is 0 Å². The van der Waals surface area contributed by atoms with Gasteiger partial charge < -0.3 is 14.2 Å². The van der Waals surface area contributed by atoms with Gasteiger partial charge in [0.25, 0.3) is 11.5 Å². The van der Waals surface area contributed by atoms with E-state index in [1.807, 2.05) is 0 Å². The van der Waals surface area contributed by atoms with Crippen molar-refractivity contribution in [2.24, 2.45) is 0 Å². The summed E-state index contributed by atoms with van der Waals surface area (Å²) in [7, 11) is 0. The summed E-state index contributed by atoms with van der Waals surface area (Å²) in [6.07, 6.45) is -0.518. The highest BCUT2D eigenvalue weighted by molar-refractivity contribution is 5.95. The molecule has 0 aliphatic carbocycles. The second-order valence-corrected chi connectivity index (χ2v) is 9.43. The molecule has 0 spiro atoms. The highest BCUT2D eigenvalue weighted by Gasteiger charge is 2.41. The molecule has 0 amide bonds. The third-order valence-electron chi connectivity index (χ3n) is 6.73. The molecule has 10 nitrogen and oxygen atoms in total. The quantitative estimate of drug-likeness (QED) is 0.296. The van der Waals surface area contributed by atoms with Gasteiger partial charge in [0.2, 0.25) is 0 Å². The normalized spacial score (nSPS) is 17.8. The number of nitrogens with zero attached hydrogens (tertiary/aromatic N) is 2. The summed E-state index contributed by atoms with van der Waals surface area (Å²) in [5.41, 5.74) is -1.04. The topological polar surface area (TPSA) is 123 Å². The van der Waals surface area contributed by atoms with Crippen molar-refractivity contribution in [2.75, 3.05) is 6.61 Å². The highest BCUT2D eigenvalue weighted by atomic mass is 16.6. The Morgan fingerprint density at radius 3 is 1.95 bits per heavy atom. The molecular formula is C32H26N2O8. The standard InChI is InChI=1S/C32H26N2O8/c1-2-21-19-33(32(39)34(28(21)35)29(36)22-12-6-3-7-13-22)27-18-25(42-31(38)24-16-10-5-11-17-24)26(41-27)20-40-30(37)23-14-8-4-9-15-23/h2-17,19,25-27H,1,18,20H2/t25-,26+,27+/m0/s1. The van der Waals surface area contributed by atoms with Crippen LogP contribution in [0, 0.1) is 0 Å². The van der Waals surface area contributed by atoms with Crippen molar-refractivity contribution in [1.29, 1.82) is 0 Å². The first-order valence-corrected chi connectivity index (χ1v) is 13.1. The first-order chi connectivity index (χ1) is 20.4. The minimum atomic E-state index is -1.07. The summed E-state index contributed by atoms with van der Waals surface area (Å²) in [6.45, 7) is 3.35. The van der Waals surface area contributed by atoms with Gasteiger partial charge in [0.05, 0.1) is 16.7 Å². The molecule has 212 valence electrons. The minimum absolute atomic E-state index is 0.0146. The van der Waals surface area contributed by atoms with Gasteiger partial charge in [-0.25, -0.2) is 14.4 Å². The molecule has 1 aromatic heterocycles. The van der Waals surface area contributed by atoms with E-state index in [0.717, 1.165) is 4.57 Å². The zero-order valence-electron chi connectivity index (χ0n) is 22.3. The van der Waals surface area contributed by atoms with Gasteiger partial charge in [-0.1, -0.05) is 67.3 Å². The van der Waals surface area contributed by atoms with Crippen LogP contribution in [0.1, 0.15) is 49.3 Å². The van der Waals surface area contributed by atoms with Crippen LogP contribution in [0.15, 0.2) is 113 Å². The smallest absolute Gasteiger partial charge is 0.340 e. The SMILES string of the molecule is C=Cc1cn([C@H]2C[C@H](OC(=O)c3ccccc3)[C@@H](COC(=O)c3ccccc3)O2)c(=O)n(C(=O)c2ccccc2)c1=O. The van der Waals surface area contributed by atoms with Crippen LogP contribution in [0.5, 0.6) is 0 Å². The Bertz CT molecular complexity index is 1730. The van der Waals surface area contributed by atoms with Crippen molar-refractivity contribution in [3.05, 3.63) is 147 Å². The lowest BCUT2D eigenvalue weighted by Gasteiger charge is -2.19. The van der Waals surface area contributed by atoms with Crippen LogP contribution >= 0.6 is 0 Å². The molecule has 2 heterocycles. The fraction of sp³-hybridized carbons (Fsp3) is 0.156. The molecule has 5 rings (SSSR count). The number of carbonyl (C=O) groups is 3. The largest absolute Gasteiger partial charge is 0.459 e. The Kier molecular flexibility index (Phi) is 8.35. The van der Waals surface area contributed by atoms with Crippen LogP contribution in [0.3, 0.4) is 0 Å². The van der Waals surface area contributed by atoms with E-state index in [2.05, 4.69) is 6.58 Å². The zero-order valence-corrected chi connectivity index (χ0v) is 22.3. The number of aromatic nitrogens is 2. The van der Waals surface area contributed by atoms with Crippen LogP contribution in [-0.4, -0.2) is 45.8 Å². The number of esters is 2. The van der Waals surface area contributed by atoms with Crippen molar-refractivity contribution in [2.45, 2.75) is 24.9 Å². The second-order valence-electron chi connectivity index (χ2n) is 9.43. The monoisotopic (exact) mass is 566 g/mol. The van der Waals surface area contributed by atoms with Gasteiger partial charge in [0, 0.05) is 18.2 Å². The lowest BCUT2D eigenvalue weighted by Crippen LogP contribution is -2.45. The van der Waals surface area contributed by atoms with Crippen LogP contribution in [0.2, 0.25) is 0 Å². The maximum atomic E-state index is 13.6. The first-order valence-electron chi connectivity index (χ1n) is 13.1. The second kappa shape index (κ2) is 12.4. The molecule has 1 fully saturated rings. The van der Waals surface area contributed by atoms with Gasteiger partial charge in [-0.2, -0.15) is 4.57 Å². The fourth-order valence-electron chi connectivity index (χ4n) is 4.57. The summed E-state index contributed by atoms with van der Waals surface area (Å²) < 4.78 is 18.9. The van der Waals surface area contributed by atoms with Crippen LogP contribution in [0.25, 0.3) is 6.08 Å². The van der Waals surface area contributed by atoms with Gasteiger partial charge in [-0.05, 0) is 36.4 Å². The van der Waals surface area contributed by atoms with E-state index in [-0.39, 0.29) is 24.2 Å². The molecule has 0 saturated carbocycles. The van der Waals surface area contributed by atoms with Crippen molar-refractivity contribution in [3.8, 4) is 0 Å². The van der Waals surface area contributed by atoms with Crippen LogP contribution < -0.4 is 11.2 Å². The lowest BCUT2D eigenvalue weighted by molar-refractivity contribution is -0.0584. The van der Waals surface area contributed by atoms with E-state index >= 15 is 0 Å². The maximum absolute atomic E-state index is 13.6. The average Bonchev–Trinajstić information content (AvgIpc) is 3.43. The van der Waals surface area contributed by atoms with Gasteiger partial charge >= 0.3 is 17.6 Å². The molecule has 1 aliphatic rings. The molecule has 10 heteroatoms. The number of hydrogen-bond acceptors (Lipinski definition) is 8. The van der Waals surface area contributed by atoms with E-state index in [4.69, 9.17) is 14.2 Å². The van der Waals surface area contributed by atoms with Crippen molar-refractivity contribution >= 4 is 23.9 Å². The Morgan fingerprint density at radius 2 is 1.38 bits per heavy atom. The summed E-state index contributed by atoms with van der Waals surface area (Å²) in [5, 5.41) is 0. The molecule has 1 aliphatic heterocycles. The van der Waals surface area contributed by atoms with Crippen LogP contribution in [-0.2, 0) is 14.2 Å². The summed E-state index contributed by atoms with van der Waals surface area (Å²) in [4.78, 5) is 65.3. The molecule has 42 heavy (non-hydrogen) atoms. The first kappa shape index (κ1) is 28.2. The van der Waals surface area contributed by atoms with E-state index in [1.54, 1.807) is 78.9 Å². The number of rotatable bonds is 8. The number of carbonyl (C=O) groups excluding carboxylic acids is 3. The molecule has 0 radical (unpaired) electrons. The highest BCUT2D eigenvalue weighted by Crippen LogP contribution is 2.31. The van der Waals surface area contributed by atoms with E-state index < -0.39 is 47.5 Å². The predicted octanol–water partition coefficient (Wildman–Crippen LogP) is 3.71. The molecular weight excluding hydrogens is 540 g/mol. The Labute approximate surface area is 240 Å². The summed E-state index contributed by atoms with van der Waals surface area (Å²) in [6, 6.07) is 24.5. The number of benzene rings is 3. The number of hydrogen-bond donors (Lipinski definition) is 0. The van der Waals surface area contributed by atoms with E-state index in [0.29, 0.717) is 15.7 Å². The molecule has 3 aromatic carbocycles. The third kappa shape index (κ3) is 5.89. The average molecular weight is 567 g/mol. The fourth-order valence-corrected chi connectivity index (χ4v) is 4.57. The van der Waals surface area contributed by atoms with Crippen molar-refractivity contribution in [1.82, 2.24) is 9.13 Å². The zero-order chi connectivity index (χ0) is 29.6. The molecule has 0 N–H and O–H groups in total. The van der Waals surface area contributed by atoms with Gasteiger partial charge in [-0.15, -0.1) is 0 Å². The minimum Gasteiger partial charge on any atom is -0.459 e. The Balaban J connectivity index is 1.46. The molecule has 0 unspecified atom stereocenters. The van der Waals surface area contributed by atoms with Gasteiger partial charge in [-0.3, -0.25) is 14.2 Å². The molecule has 3 atom stereocenters. The Morgan fingerprint density at radius 1 is 0.833 bits per heavy atom. The number of ether oxygens (including phenoxy) is 3. The lowest BCUT2D eigenvalue weighted by atomic mass is 10.1. The van der Waals surface area contributed by atoms with E-state index in [1.165, 1.54) is 24.4 Å². The molecule has 0 bridgehead atoms. The summed E-state index contributed by atoms with van der Waals surface area (Å²) in [5.74, 6) is -2.06. The Hall–Kier alpha value is -5.35. The van der Waals surface area contributed by atoms with E-state index in [9.17, 15) is 24.0 Å². The predicted molar refractivity (Wildman–Crippen MR) is 152 cm³/mol.